The van der Waals surface area contributed by atoms with Gasteiger partial charge in [-0.2, -0.15) is 0 Å². The predicted octanol–water partition coefficient (Wildman–Crippen LogP) is 4.40. The van der Waals surface area contributed by atoms with Gasteiger partial charge in [0, 0.05) is 61.9 Å². The van der Waals surface area contributed by atoms with Gasteiger partial charge in [0.1, 0.15) is 0 Å². The third-order valence-corrected chi connectivity index (χ3v) is 9.67. The van der Waals surface area contributed by atoms with Gasteiger partial charge in [-0.1, -0.05) is 45.9 Å². The lowest BCUT2D eigenvalue weighted by atomic mass is 9.91. The topological polar surface area (TPSA) is 86.5 Å². The van der Waals surface area contributed by atoms with E-state index in [0.717, 1.165) is 31.2 Å². The Labute approximate surface area is 221 Å². The molecule has 3 fully saturated rings. The number of piperidine rings is 1. The summed E-state index contributed by atoms with van der Waals surface area (Å²) in [7, 11) is 1.73. The standard InChI is InChI=1S/C30H44N4O3/c1-29(2)26(30(29,3)4)27(35)33-20-15-19(16-31-17-20)28(36)34(21-12-13-21)25(11-8-14-37-5)23-18-32-24-10-7-6-9-22(23)24/h6-7,9-10,18-21,25-26,31-32H,8,11-17H2,1-5H3,(H,33,35)/t19-,20+,25?/m0/s1. The second kappa shape index (κ2) is 10.1. The Morgan fingerprint density at radius 1 is 1.14 bits per heavy atom. The highest BCUT2D eigenvalue weighted by Gasteiger charge is 2.68. The average Bonchev–Trinajstić information content (AvgIpc) is 3.70. The first kappa shape index (κ1) is 26.2. The molecule has 0 radical (unpaired) electrons. The fourth-order valence-corrected chi connectivity index (χ4v) is 6.76. The van der Waals surface area contributed by atoms with E-state index in [1.807, 2.05) is 6.07 Å². The maximum Gasteiger partial charge on any atom is 0.227 e. The van der Waals surface area contributed by atoms with Gasteiger partial charge in [-0.25, -0.2) is 0 Å². The zero-order chi connectivity index (χ0) is 26.4. The number of amides is 2. The lowest BCUT2D eigenvalue weighted by Crippen LogP contribution is -2.54. The predicted molar refractivity (Wildman–Crippen MR) is 146 cm³/mol. The zero-order valence-electron chi connectivity index (χ0n) is 23.1. The molecule has 3 N–H and O–H groups in total. The van der Waals surface area contributed by atoms with Crippen LogP contribution >= 0.6 is 0 Å². The Kier molecular flexibility index (Phi) is 7.14. The largest absolute Gasteiger partial charge is 0.385 e. The van der Waals surface area contributed by atoms with E-state index in [2.05, 4.69) is 72.6 Å². The van der Waals surface area contributed by atoms with E-state index in [0.29, 0.717) is 26.1 Å². The lowest BCUT2D eigenvalue weighted by molar-refractivity contribution is -0.140. The number of carbonyl (C=O) groups excluding carboxylic acids is 2. The molecule has 2 aromatic rings. The Morgan fingerprint density at radius 3 is 2.54 bits per heavy atom. The Morgan fingerprint density at radius 2 is 1.86 bits per heavy atom. The van der Waals surface area contributed by atoms with Crippen LogP contribution in [0.4, 0.5) is 0 Å². The highest BCUT2D eigenvalue weighted by molar-refractivity contribution is 5.86. The number of para-hydroxylation sites is 1. The number of nitrogens with zero attached hydrogens (tertiary/aromatic N) is 1. The Hall–Kier alpha value is -2.38. The number of nitrogens with one attached hydrogen (secondary N) is 3. The van der Waals surface area contributed by atoms with Gasteiger partial charge in [0.15, 0.2) is 0 Å². The summed E-state index contributed by atoms with van der Waals surface area (Å²) in [5, 5.41) is 7.93. The molecule has 1 aromatic heterocycles. The van der Waals surface area contributed by atoms with Gasteiger partial charge in [0.05, 0.1) is 12.0 Å². The normalized spacial score (nSPS) is 25.5. The minimum Gasteiger partial charge on any atom is -0.385 e. The Balaban J connectivity index is 1.33. The molecule has 2 saturated carbocycles. The highest BCUT2D eigenvalue weighted by Crippen LogP contribution is 2.68. The molecule has 2 aliphatic carbocycles. The van der Waals surface area contributed by atoms with Crippen LogP contribution in [0.1, 0.15) is 71.4 Å². The molecule has 0 spiro atoms. The number of hydrogen-bond donors (Lipinski definition) is 3. The number of fused-ring (bicyclic) bond motifs is 1. The molecule has 7 heteroatoms. The van der Waals surface area contributed by atoms with Crippen molar-refractivity contribution in [3.8, 4) is 0 Å². The number of hydrogen-bond acceptors (Lipinski definition) is 4. The number of benzene rings is 1. The van der Waals surface area contributed by atoms with Gasteiger partial charge >= 0.3 is 0 Å². The molecule has 1 aliphatic heterocycles. The van der Waals surface area contributed by atoms with Crippen LogP contribution in [0, 0.1) is 22.7 Å². The van der Waals surface area contributed by atoms with Gasteiger partial charge in [0.25, 0.3) is 0 Å². The monoisotopic (exact) mass is 508 g/mol. The fourth-order valence-electron chi connectivity index (χ4n) is 6.76. The van der Waals surface area contributed by atoms with Crippen molar-refractivity contribution in [1.29, 1.82) is 0 Å². The quantitative estimate of drug-likeness (QED) is 0.415. The smallest absolute Gasteiger partial charge is 0.227 e. The van der Waals surface area contributed by atoms with Crippen LogP contribution in [-0.4, -0.2) is 60.6 Å². The summed E-state index contributed by atoms with van der Waals surface area (Å²) in [6.07, 6.45) is 6.65. The molecular formula is C30H44N4O3. The van der Waals surface area contributed by atoms with E-state index in [-0.39, 0.29) is 52.6 Å². The summed E-state index contributed by atoms with van der Waals surface area (Å²) in [4.78, 5) is 32.9. The molecule has 1 saturated heterocycles. The first-order valence-electron chi connectivity index (χ1n) is 14.0. The van der Waals surface area contributed by atoms with Crippen LogP contribution in [0.5, 0.6) is 0 Å². The summed E-state index contributed by atoms with van der Waals surface area (Å²) in [6.45, 7) is 10.7. The number of aromatic amines is 1. The van der Waals surface area contributed by atoms with Crippen LogP contribution in [0.3, 0.4) is 0 Å². The molecule has 7 nitrogen and oxygen atoms in total. The van der Waals surface area contributed by atoms with E-state index in [1.165, 1.54) is 10.9 Å². The molecular weight excluding hydrogens is 464 g/mol. The van der Waals surface area contributed by atoms with Crippen molar-refractivity contribution in [2.45, 2.75) is 77.9 Å². The van der Waals surface area contributed by atoms with Crippen molar-refractivity contribution in [3.63, 3.8) is 0 Å². The van der Waals surface area contributed by atoms with Crippen molar-refractivity contribution in [2.75, 3.05) is 26.8 Å². The average molecular weight is 509 g/mol. The van der Waals surface area contributed by atoms with Crippen LogP contribution in [0.15, 0.2) is 30.5 Å². The van der Waals surface area contributed by atoms with Crippen molar-refractivity contribution >= 4 is 22.7 Å². The number of rotatable bonds is 10. The minimum atomic E-state index is -0.144. The van der Waals surface area contributed by atoms with Gasteiger partial charge in [-0.15, -0.1) is 0 Å². The van der Waals surface area contributed by atoms with E-state index in [1.54, 1.807) is 7.11 Å². The highest BCUT2D eigenvalue weighted by atomic mass is 16.5. The number of ether oxygens (including phenoxy) is 1. The third kappa shape index (κ3) is 4.92. The van der Waals surface area contributed by atoms with Gasteiger partial charge < -0.3 is 25.3 Å². The van der Waals surface area contributed by atoms with Crippen molar-refractivity contribution in [1.82, 2.24) is 20.5 Å². The van der Waals surface area contributed by atoms with E-state index < -0.39 is 0 Å². The summed E-state index contributed by atoms with van der Waals surface area (Å²) < 4.78 is 5.37. The van der Waals surface area contributed by atoms with Gasteiger partial charge in [-0.3, -0.25) is 9.59 Å². The first-order chi connectivity index (χ1) is 17.7. The summed E-state index contributed by atoms with van der Waals surface area (Å²) in [6, 6.07) is 8.62. The van der Waals surface area contributed by atoms with Crippen LogP contribution in [0.2, 0.25) is 0 Å². The lowest BCUT2D eigenvalue weighted by Gasteiger charge is -2.38. The zero-order valence-corrected chi connectivity index (χ0v) is 23.1. The Bertz CT molecular complexity index is 1120. The number of aromatic nitrogens is 1. The third-order valence-electron chi connectivity index (χ3n) is 9.67. The van der Waals surface area contributed by atoms with Crippen LogP contribution in [0.25, 0.3) is 10.9 Å². The maximum absolute atomic E-state index is 14.2. The van der Waals surface area contributed by atoms with Crippen molar-refractivity contribution in [2.24, 2.45) is 22.7 Å². The van der Waals surface area contributed by atoms with Gasteiger partial charge in [-0.05, 0) is 54.6 Å². The SMILES string of the molecule is COCCCC(c1c[nH]c2ccccc12)N(C(=O)[C@@H]1CNC[C@H](NC(=O)C2C(C)(C)C2(C)C)C1)C1CC1. The van der Waals surface area contributed by atoms with E-state index >= 15 is 0 Å². The molecule has 202 valence electrons. The molecule has 0 bridgehead atoms. The molecule has 5 rings (SSSR count). The second-order valence-corrected chi connectivity index (χ2v) is 12.6. The molecule has 2 amide bonds. The van der Waals surface area contributed by atoms with Crippen molar-refractivity contribution in [3.05, 3.63) is 36.0 Å². The molecule has 37 heavy (non-hydrogen) atoms. The molecule has 1 unspecified atom stereocenters. The van der Waals surface area contributed by atoms with E-state index in [9.17, 15) is 9.59 Å². The summed E-state index contributed by atoms with van der Waals surface area (Å²) >= 11 is 0. The van der Waals surface area contributed by atoms with Crippen LogP contribution < -0.4 is 10.6 Å². The summed E-state index contributed by atoms with van der Waals surface area (Å²) in [5.74, 6) is 0.222. The molecule has 3 aliphatic rings. The molecule has 2 heterocycles. The second-order valence-electron chi connectivity index (χ2n) is 12.6. The van der Waals surface area contributed by atoms with Gasteiger partial charge in [0.2, 0.25) is 11.8 Å². The van der Waals surface area contributed by atoms with Crippen LogP contribution in [-0.2, 0) is 14.3 Å². The molecule has 3 atom stereocenters. The minimum absolute atomic E-state index is 0.00588. The first-order valence-corrected chi connectivity index (χ1v) is 14.0. The number of methoxy groups -OCH3 is 1. The number of H-pyrrole nitrogens is 1. The number of carbonyl (C=O) groups is 2. The summed E-state index contributed by atoms with van der Waals surface area (Å²) in [5.41, 5.74) is 2.31. The van der Waals surface area contributed by atoms with Crippen molar-refractivity contribution < 1.29 is 14.3 Å². The maximum atomic E-state index is 14.2. The molecule has 1 aromatic carbocycles. The van der Waals surface area contributed by atoms with E-state index in [4.69, 9.17) is 4.74 Å². The fraction of sp³-hybridized carbons (Fsp3) is 0.667.